The fourth-order valence-corrected chi connectivity index (χ4v) is 5.69. The third-order valence-electron chi connectivity index (χ3n) is 5.63. The molecule has 162 valence electrons. The largest absolute Gasteiger partial charge is 0.325 e. The summed E-state index contributed by atoms with van der Waals surface area (Å²) in [6, 6.07) is 14.6. The molecule has 0 aromatic heterocycles. The molecule has 0 aliphatic heterocycles. The van der Waals surface area contributed by atoms with Gasteiger partial charge in [-0.05, 0) is 55.2 Å². The molecule has 0 heterocycles. The summed E-state index contributed by atoms with van der Waals surface area (Å²) in [5.41, 5.74) is 1.46. The summed E-state index contributed by atoms with van der Waals surface area (Å²) in [6.45, 7) is 4.56. The summed E-state index contributed by atoms with van der Waals surface area (Å²) in [5.74, 6) is -0.200. The molecule has 6 nitrogen and oxygen atoms in total. The fraction of sp³-hybridized carbons (Fsp3) is 0.409. The van der Waals surface area contributed by atoms with Crippen LogP contribution in [-0.2, 0) is 20.4 Å². The molecule has 2 aromatic carbocycles. The summed E-state index contributed by atoms with van der Waals surface area (Å²) in [6.07, 6.45) is 3.08. The number of hydrogen-bond donors (Lipinski definition) is 2. The van der Waals surface area contributed by atoms with Crippen LogP contribution in [-0.4, -0.2) is 38.3 Å². The van der Waals surface area contributed by atoms with Gasteiger partial charge in [0.05, 0.1) is 11.4 Å². The molecule has 0 spiro atoms. The maximum absolute atomic E-state index is 12.7. The van der Waals surface area contributed by atoms with Crippen LogP contribution in [0.3, 0.4) is 0 Å². The van der Waals surface area contributed by atoms with Crippen LogP contribution >= 0.6 is 15.9 Å². The molecule has 0 bridgehead atoms. The highest BCUT2D eigenvalue weighted by molar-refractivity contribution is 9.10. The first-order valence-electron chi connectivity index (χ1n) is 10.2. The maximum atomic E-state index is 12.7. The van der Waals surface area contributed by atoms with Gasteiger partial charge in [0.1, 0.15) is 0 Å². The number of benzene rings is 2. The van der Waals surface area contributed by atoms with E-state index in [2.05, 4.69) is 38.7 Å². The van der Waals surface area contributed by atoms with Gasteiger partial charge in [0.2, 0.25) is 15.9 Å². The zero-order valence-corrected chi connectivity index (χ0v) is 19.7. The van der Waals surface area contributed by atoms with E-state index in [0.717, 1.165) is 23.7 Å². The maximum Gasteiger partial charge on any atom is 0.243 e. The van der Waals surface area contributed by atoms with Crippen molar-refractivity contribution in [3.8, 4) is 0 Å². The van der Waals surface area contributed by atoms with Crippen LogP contribution in [0.2, 0.25) is 0 Å². The highest BCUT2D eigenvalue weighted by Gasteiger charge is 2.38. The number of carbonyl (C=O) groups is 1. The van der Waals surface area contributed by atoms with E-state index >= 15 is 0 Å². The smallest absolute Gasteiger partial charge is 0.243 e. The Bertz CT molecular complexity index is 1000. The van der Waals surface area contributed by atoms with Crippen molar-refractivity contribution in [1.29, 1.82) is 0 Å². The van der Waals surface area contributed by atoms with Crippen LogP contribution in [0, 0.1) is 0 Å². The van der Waals surface area contributed by atoms with Gasteiger partial charge in [-0.2, -0.15) is 4.31 Å². The third kappa shape index (κ3) is 4.94. The Morgan fingerprint density at radius 1 is 1.10 bits per heavy atom. The van der Waals surface area contributed by atoms with Gasteiger partial charge in [0.25, 0.3) is 0 Å². The van der Waals surface area contributed by atoms with Crippen molar-refractivity contribution >= 4 is 37.5 Å². The standard InChI is InChI=1S/C22H28BrN3O3S/c1-3-26(4-2)30(28,29)20-11-6-10-19(15-20)25-21(27)16-24-22(12-7-13-22)17-8-5-9-18(23)14-17/h5-6,8-11,14-15,24H,3-4,7,12-13,16H2,1-2H3,(H,25,27). The van der Waals surface area contributed by atoms with Crippen LogP contribution in [0.5, 0.6) is 0 Å². The number of carbonyl (C=O) groups excluding carboxylic acids is 1. The van der Waals surface area contributed by atoms with Crippen molar-refractivity contribution in [2.75, 3.05) is 25.0 Å². The van der Waals surface area contributed by atoms with Crippen molar-refractivity contribution in [3.63, 3.8) is 0 Å². The van der Waals surface area contributed by atoms with Gasteiger partial charge in [-0.25, -0.2) is 8.42 Å². The molecule has 1 amide bonds. The molecule has 0 atom stereocenters. The van der Waals surface area contributed by atoms with Crippen molar-refractivity contribution < 1.29 is 13.2 Å². The van der Waals surface area contributed by atoms with Crippen molar-refractivity contribution in [3.05, 3.63) is 58.6 Å². The van der Waals surface area contributed by atoms with Gasteiger partial charge in [-0.15, -0.1) is 0 Å². The van der Waals surface area contributed by atoms with Crippen LogP contribution < -0.4 is 10.6 Å². The summed E-state index contributed by atoms with van der Waals surface area (Å²) >= 11 is 3.52. The molecule has 1 fully saturated rings. The summed E-state index contributed by atoms with van der Waals surface area (Å²) in [7, 11) is -3.57. The SMILES string of the molecule is CCN(CC)S(=O)(=O)c1cccc(NC(=O)CNC2(c3cccc(Br)c3)CCC2)c1. The van der Waals surface area contributed by atoms with Crippen molar-refractivity contribution in [2.45, 2.75) is 43.5 Å². The lowest BCUT2D eigenvalue weighted by Gasteiger charge is -2.43. The predicted molar refractivity (Wildman–Crippen MR) is 123 cm³/mol. The topological polar surface area (TPSA) is 78.5 Å². The molecule has 0 unspecified atom stereocenters. The average molecular weight is 494 g/mol. The van der Waals surface area contributed by atoms with Gasteiger partial charge in [0, 0.05) is 28.8 Å². The minimum atomic E-state index is -3.57. The van der Waals surface area contributed by atoms with Gasteiger partial charge in [-0.1, -0.05) is 48.0 Å². The molecule has 0 saturated heterocycles. The fourth-order valence-electron chi connectivity index (χ4n) is 3.79. The number of anilines is 1. The van der Waals surface area contributed by atoms with Gasteiger partial charge >= 0.3 is 0 Å². The third-order valence-corrected chi connectivity index (χ3v) is 8.17. The second kappa shape index (κ2) is 9.60. The number of amides is 1. The molecule has 1 aliphatic rings. The van der Waals surface area contributed by atoms with E-state index in [4.69, 9.17) is 0 Å². The van der Waals surface area contributed by atoms with E-state index in [1.165, 1.54) is 15.9 Å². The van der Waals surface area contributed by atoms with Crippen LogP contribution in [0.15, 0.2) is 57.9 Å². The molecule has 3 rings (SSSR count). The second-order valence-electron chi connectivity index (χ2n) is 7.46. The van der Waals surface area contributed by atoms with Crippen LogP contribution in [0.25, 0.3) is 0 Å². The molecular formula is C22H28BrN3O3S. The van der Waals surface area contributed by atoms with Gasteiger partial charge in [-0.3, -0.25) is 10.1 Å². The minimum absolute atomic E-state index is 0.152. The van der Waals surface area contributed by atoms with Crippen molar-refractivity contribution in [1.82, 2.24) is 9.62 Å². The molecule has 1 aliphatic carbocycles. The summed E-state index contributed by atoms with van der Waals surface area (Å²) in [4.78, 5) is 12.7. The zero-order valence-electron chi connectivity index (χ0n) is 17.3. The molecule has 8 heteroatoms. The Balaban J connectivity index is 1.67. The van der Waals surface area contributed by atoms with E-state index in [1.807, 2.05) is 12.1 Å². The Hall–Kier alpha value is -1.74. The Morgan fingerprint density at radius 2 is 1.80 bits per heavy atom. The van der Waals surface area contributed by atoms with E-state index in [1.54, 1.807) is 32.0 Å². The number of nitrogens with zero attached hydrogens (tertiary/aromatic N) is 1. The predicted octanol–water partition coefficient (Wildman–Crippen LogP) is 4.09. The van der Waals surface area contributed by atoms with E-state index in [-0.39, 0.29) is 22.9 Å². The molecule has 30 heavy (non-hydrogen) atoms. The molecular weight excluding hydrogens is 466 g/mol. The number of hydrogen-bond acceptors (Lipinski definition) is 4. The highest BCUT2D eigenvalue weighted by Crippen LogP contribution is 2.41. The number of halogens is 1. The zero-order chi connectivity index (χ0) is 21.8. The molecule has 2 N–H and O–H groups in total. The lowest BCUT2D eigenvalue weighted by atomic mass is 9.72. The quantitative estimate of drug-likeness (QED) is 0.551. The average Bonchev–Trinajstić information content (AvgIpc) is 2.68. The number of nitrogens with one attached hydrogen (secondary N) is 2. The highest BCUT2D eigenvalue weighted by atomic mass is 79.9. The second-order valence-corrected chi connectivity index (χ2v) is 10.3. The Kier molecular flexibility index (Phi) is 7.34. The van der Waals surface area contributed by atoms with Gasteiger partial charge in [0.15, 0.2) is 0 Å². The minimum Gasteiger partial charge on any atom is -0.325 e. The van der Waals surface area contributed by atoms with Crippen molar-refractivity contribution in [2.24, 2.45) is 0 Å². The number of sulfonamides is 1. The number of rotatable bonds is 9. The van der Waals surface area contributed by atoms with E-state index in [0.29, 0.717) is 18.8 Å². The Labute approximate surface area is 187 Å². The summed E-state index contributed by atoms with van der Waals surface area (Å²) < 4.78 is 27.8. The van der Waals surface area contributed by atoms with E-state index < -0.39 is 10.0 Å². The normalized spacial score (nSPS) is 15.6. The lowest BCUT2D eigenvalue weighted by molar-refractivity contribution is -0.116. The first-order chi connectivity index (χ1) is 14.3. The van der Waals surface area contributed by atoms with Crippen LogP contribution in [0.1, 0.15) is 38.7 Å². The molecule has 2 aromatic rings. The molecule has 1 saturated carbocycles. The molecule has 0 radical (unpaired) electrons. The Morgan fingerprint density at radius 3 is 2.40 bits per heavy atom. The monoisotopic (exact) mass is 493 g/mol. The summed E-state index contributed by atoms with van der Waals surface area (Å²) in [5, 5.41) is 6.24. The van der Waals surface area contributed by atoms with E-state index in [9.17, 15) is 13.2 Å². The lowest BCUT2D eigenvalue weighted by Crippen LogP contribution is -2.50. The first kappa shape index (κ1) is 22.9. The van der Waals surface area contributed by atoms with Gasteiger partial charge < -0.3 is 5.32 Å². The first-order valence-corrected chi connectivity index (χ1v) is 12.4. The van der Waals surface area contributed by atoms with Crippen LogP contribution in [0.4, 0.5) is 5.69 Å².